The molecule has 2 rings (SSSR count). The summed E-state index contributed by atoms with van der Waals surface area (Å²) in [4.78, 5) is 10.5. The first kappa shape index (κ1) is 7.03. The first-order valence-electron chi connectivity index (χ1n) is 3.63. The molecule has 0 radical (unpaired) electrons. The van der Waals surface area contributed by atoms with Gasteiger partial charge in [0.25, 0.3) is 0 Å². The molecule has 0 fully saturated rings. The van der Waals surface area contributed by atoms with Gasteiger partial charge in [-0.15, -0.1) is 0 Å². The molecule has 1 aromatic carbocycles. The Morgan fingerprint density at radius 3 is 3.08 bits per heavy atom. The van der Waals surface area contributed by atoms with Crippen LogP contribution in [0.5, 0.6) is 0 Å². The Bertz CT molecular complexity index is 431. The van der Waals surface area contributed by atoms with Crippen LogP contribution < -0.4 is 0 Å². The molecule has 0 saturated carbocycles. The lowest BCUT2D eigenvalue weighted by Gasteiger charge is -1.89. The molecule has 0 N–H and O–H groups in total. The number of fused-ring (bicyclic) bond motifs is 1. The number of benzene rings is 1. The van der Waals surface area contributed by atoms with Crippen LogP contribution in [0, 0.1) is 6.92 Å². The fourth-order valence-corrected chi connectivity index (χ4v) is 1.21. The molecule has 0 unspecified atom stereocenters. The van der Waals surface area contributed by atoms with Crippen LogP contribution >= 0.6 is 0 Å². The molecule has 0 aliphatic carbocycles. The lowest BCUT2D eigenvalue weighted by Crippen LogP contribution is -1.80. The fraction of sp³-hybridized carbons (Fsp3) is 0.111. The van der Waals surface area contributed by atoms with Crippen molar-refractivity contribution in [3.05, 3.63) is 29.5 Å². The second-order valence-electron chi connectivity index (χ2n) is 2.60. The Hall–Kier alpha value is -1.64. The van der Waals surface area contributed by atoms with Crippen LogP contribution in [0.2, 0.25) is 0 Å². The monoisotopic (exact) mass is 161 g/mol. The molecule has 3 nitrogen and oxygen atoms in total. The van der Waals surface area contributed by atoms with Crippen LogP contribution in [0.15, 0.2) is 22.7 Å². The fourth-order valence-electron chi connectivity index (χ4n) is 1.21. The van der Waals surface area contributed by atoms with Crippen molar-refractivity contribution in [3.63, 3.8) is 0 Å². The number of aldehydes is 1. The highest BCUT2D eigenvalue weighted by molar-refractivity contribution is 5.96. The van der Waals surface area contributed by atoms with Gasteiger partial charge < -0.3 is 4.52 Å². The average Bonchev–Trinajstić information content (AvgIpc) is 2.48. The molecule has 0 aliphatic rings. The maximum Gasteiger partial charge on any atom is 0.152 e. The molecular weight excluding hydrogens is 154 g/mol. The van der Waals surface area contributed by atoms with E-state index in [0.717, 1.165) is 17.4 Å². The molecule has 1 aromatic heterocycles. The van der Waals surface area contributed by atoms with Crippen molar-refractivity contribution in [2.24, 2.45) is 0 Å². The molecule has 0 saturated heterocycles. The topological polar surface area (TPSA) is 43.1 Å². The summed E-state index contributed by atoms with van der Waals surface area (Å²) >= 11 is 0. The van der Waals surface area contributed by atoms with Gasteiger partial charge in [0, 0.05) is 10.9 Å². The number of hydrogen-bond acceptors (Lipinski definition) is 3. The van der Waals surface area contributed by atoms with E-state index in [0.29, 0.717) is 11.1 Å². The number of rotatable bonds is 1. The van der Waals surface area contributed by atoms with Crippen molar-refractivity contribution in [1.82, 2.24) is 5.16 Å². The van der Waals surface area contributed by atoms with Gasteiger partial charge in [-0.3, -0.25) is 4.79 Å². The van der Waals surface area contributed by atoms with E-state index in [1.165, 1.54) is 0 Å². The first-order chi connectivity index (χ1) is 5.83. The largest absolute Gasteiger partial charge is 0.360 e. The minimum absolute atomic E-state index is 0.573. The van der Waals surface area contributed by atoms with Crippen molar-refractivity contribution in [3.8, 4) is 0 Å². The lowest BCUT2D eigenvalue weighted by atomic mass is 10.1. The van der Waals surface area contributed by atoms with Gasteiger partial charge in [-0.25, -0.2) is 0 Å². The van der Waals surface area contributed by atoms with E-state index in [9.17, 15) is 4.79 Å². The molecule has 1 heterocycles. The Morgan fingerprint density at radius 2 is 2.33 bits per heavy atom. The summed E-state index contributed by atoms with van der Waals surface area (Å²) in [5.74, 6) is 0.744. The third-order valence-electron chi connectivity index (χ3n) is 1.85. The zero-order valence-corrected chi connectivity index (χ0v) is 6.57. The van der Waals surface area contributed by atoms with Crippen LogP contribution in [0.25, 0.3) is 10.9 Å². The Kier molecular flexibility index (Phi) is 1.43. The van der Waals surface area contributed by atoms with Gasteiger partial charge in [-0.05, 0) is 19.1 Å². The maximum atomic E-state index is 10.5. The van der Waals surface area contributed by atoms with Crippen molar-refractivity contribution >= 4 is 17.2 Å². The molecule has 0 amide bonds. The molecule has 0 aliphatic heterocycles. The van der Waals surface area contributed by atoms with Gasteiger partial charge in [0.05, 0.1) is 0 Å². The van der Waals surface area contributed by atoms with Gasteiger partial charge in [-0.1, -0.05) is 11.2 Å². The maximum absolute atomic E-state index is 10.5. The molecule has 0 spiro atoms. The lowest BCUT2D eigenvalue weighted by molar-refractivity contribution is 0.112. The highest BCUT2D eigenvalue weighted by atomic mass is 16.5. The minimum atomic E-state index is 0.573. The zero-order valence-electron chi connectivity index (χ0n) is 6.57. The van der Waals surface area contributed by atoms with Crippen LogP contribution in [0.3, 0.4) is 0 Å². The standard InChI is InChI=1S/C9H7NO2/c1-6-8-4-2-3-7(5-11)9(8)10-12-6/h2-5H,1H3. The highest BCUT2D eigenvalue weighted by Crippen LogP contribution is 2.19. The Balaban J connectivity index is 2.89. The summed E-state index contributed by atoms with van der Waals surface area (Å²) in [7, 11) is 0. The van der Waals surface area contributed by atoms with Crippen molar-refractivity contribution in [1.29, 1.82) is 0 Å². The number of carbonyl (C=O) groups is 1. The summed E-state index contributed by atoms with van der Waals surface area (Å²) in [6.07, 6.45) is 0.782. The molecule has 3 heteroatoms. The first-order valence-corrected chi connectivity index (χ1v) is 3.63. The average molecular weight is 161 g/mol. The summed E-state index contributed by atoms with van der Waals surface area (Å²) in [6, 6.07) is 5.42. The van der Waals surface area contributed by atoms with Crippen LogP contribution in [-0.4, -0.2) is 11.4 Å². The molecule has 12 heavy (non-hydrogen) atoms. The molecule has 0 atom stereocenters. The van der Waals surface area contributed by atoms with E-state index in [1.807, 2.05) is 19.1 Å². The van der Waals surface area contributed by atoms with Gasteiger partial charge >= 0.3 is 0 Å². The highest BCUT2D eigenvalue weighted by Gasteiger charge is 2.06. The summed E-state index contributed by atoms with van der Waals surface area (Å²) in [6.45, 7) is 1.82. The van der Waals surface area contributed by atoms with E-state index >= 15 is 0 Å². The summed E-state index contributed by atoms with van der Waals surface area (Å²) in [5.41, 5.74) is 1.22. The molecular formula is C9H7NO2. The van der Waals surface area contributed by atoms with Crippen molar-refractivity contribution < 1.29 is 9.32 Å². The van der Waals surface area contributed by atoms with Crippen molar-refractivity contribution in [2.75, 3.05) is 0 Å². The number of aromatic nitrogens is 1. The van der Waals surface area contributed by atoms with Gasteiger partial charge in [-0.2, -0.15) is 0 Å². The zero-order chi connectivity index (χ0) is 8.55. The van der Waals surface area contributed by atoms with Crippen LogP contribution in [-0.2, 0) is 0 Å². The molecule has 60 valence electrons. The van der Waals surface area contributed by atoms with E-state index in [1.54, 1.807) is 6.07 Å². The minimum Gasteiger partial charge on any atom is -0.360 e. The van der Waals surface area contributed by atoms with E-state index in [4.69, 9.17) is 4.52 Å². The SMILES string of the molecule is Cc1onc2c(C=O)cccc12. The normalized spacial score (nSPS) is 10.4. The molecule has 2 aromatic rings. The third kappa shape index (κ3) is 0.830. The second kappa shape index (κ2) is 2.44. The van der Waals surface area contributed by atoms with Crippen LogP contribution in [0.1, 0.15) is 16.1 Å². The van der Waals surface area contributed by atoms with Gasteiger partial charge in [0.2, 0.25) is 0 Å². The van der Waals surface area contributed by atoms with E-state index < -0.39 is 0 Å². The van der Waals surface area contributed by atoms with Gasteiger partial charge in [0.15, 0.2) is 6.29 Å². The summed E-state index contributed by atoms with van der Waals surface area (Å²) in [5, 5.41) is 4.69. The predicted molar refractivity (Wildman–Crippen MR) is 44.1 cm³/mol. The van der Waals surface area contributed by atoms with Crippen LogP contribution in [0.4, 0.5) is 0 Å². The quantitative estimate of drug-likeness (QED) is 0.600. The smallest absolute Gasteiger partial charge is 0.152 e. The Morgan fingerprint density at radius 1 is 1.50 bits per heavy atom. The third-order valence-corrected chi connectivity index (χ3v) is 1.85. The van der Waals surface area contributed by atoms with E-state index in [-0.39, 0.29) is 0 Å². The van der Waals surface area contributed by atoms with Crippen molar-refractivity contribution in [2.45, 2.75) is 6.92 Å². The predicted octanol–water partition coefficient (Wildman–Crippen LogP) is 1.95. The summed E-state index contributed by atoms with van der Waals surface area (Å²) < 4.78 is 4.95. The second-order valence-corrected chi connectivity index (χ2v) is 2.60. The Labute approximate surface area is 69.0 Å². The van der Waals surface area contributed by atoms with Gasteiger partial charge in [0.1, 0.15) is 11.3 Å². The number of hydrogen-bond donors (Lipinski definition) is 0. The number of aryl methyl sites for hydroxylation is 1. The number of nitrogens with zero attached hydrogens (tertiary/aromatic N) is 1. The van der Waals surface area contributed by atoms with E-state index in [2.05, 4.69) is 5.16 Å². The molecule has 0 bridgehead atoms. The number of carbonyl (C=O) groups excluding carboxylic acids is 1.